The summed E-state index contributed by atoms with van der Waals surface area (Å²) in [4.78, 5) is 27.7. The van der Waals surface area contributed by atoms with Crippen LogP contribution in [-0.4, -0.2) is 62.1 Å². The first-order valence-corrected chi connectivity index (χ1v) is 9.75. The summed E-state index contributed by atoms with van der Waals surface area (Å²) in [5.74, 6) is -1.21. The maximum atomic E-state index is 13.3. The fourth-order valence-corrected chi connectivity index (χ4v) is 3.57. The van der Waals surface area contributed by atoms with Gasteiger partial charge in [-0.3, -0.25) is 9.59 Å². The van der Waals surface area contributed by atoms with Crippen LogP contribution in [0.2, 0.25) is 0 Å². The zero-order valence-corrected chi connectivity index (χ0v) is 16.2. The lowest BCUT2D eigenvalue weighted by atomic mass is 10.2. The van der Waals surface area contributed by atoms with Gasteiger partial charge in [0.1, 0.15) is 6.61 Å². The van der Waals surface area contributed by atoms with Crippen molar-refractivity contribution in [2.45, 2.75) is 6.10 Å². The minimum atomic E-state index is -1.01. The molecule has 9 heteroatoms. The third-order valence-electron chi connectivity index (χ3n) is 5.18. The molecular weight excluding hydrogens is 396 g/mol. The normalized spacial score (nSPS) is 18.7. The van der Waals surface area contributed by atoms with E-state index < -0.39 is 17.7 Å². The molecule has 0 aromatic heterocycles. The minimum absolute atomic E-state index is 0.130. The molecule has 158 valence electrons. The van der Waals surface area contributed by atoms with Gasteiger partial charge in [0.2, 0.25) is 6.10 Å². The third-order valence-corrected chi connectivity index (χ3v) is 5.18. The predicted molar refractivity (Wildman–Crippen MR) is 103 cm³/mol. The number of rotatable bonds is 4. The Hall–Kier alpha value is -3.20. The van der Waals surface area contributed by atoms with Gasteiger partial charge in [-0.05, 0) is 24.3 Å². The molecule has 2 aliphatic rings. The molecule has 0 spiro atoms. The van der Waals surface area contributed by atoms with Gasteiger partial charge < -0.3 is 24.6 Å². The van der Waals surface area contributed by atoms with Crippen molar-refractivity contribution in [3.05, 3.63) is 54.1 Å². The lowest BCUT2D eigenvalue weighted by molar-refractivity contribution is -0.895. The molecule has 0 radical (unpaired) electrons. The van der Waals surface area contributed by atoms with Crippen molar-refractivity contribution in [3.8, 4) is 11.5 Å². The number of hydrogen-bond donors (Lipinski definition) is 2. The van der Waals surface area contributed by atoms with E-state index in [1.54, 1.807) is 17.0 Å². The average Bonchev–Trinajstić information content (AvgIpc) is 2.76. The summed E-state index contributed by atoms with van der Waals surface area (Å²) < 4.78 is 37.6. The molecule has 2 N–H and O–H groups in total. The highest BCUT2D eigenvalue weighted by Gasteiger charge is 2.34. The van der Waals surface area contributed by atoms with E-state index in [0.29, 0.717) is 37.7 Å². The standard InChI is InChI=1S/C21H21F2N3O4/c22-15-6-5-14(11-16(15)23)24-20(27)12-25-7-9-26(10-8-25)21(28)19-13-29-17-3-1-2-4-18(17)30-19/h1-6,11,19H,7-10,12-13H2,(H,24,27)/p+1/t19-/m1/s1. The van der Waals surface area contributed by atoms with Crippen molar-refractivity contribution in [2.24, 2.45) is 0 Å². The maximum Gasteiger partial charge on any atom is 0.279 e. The van der Waals surface area contributed by atoms with E-state index in [1.165, 1.54) is 6.07 Å². The SMILES string of the molecule is O=C(C[NH+]1CCN(C(=O)[C@H]2COc3ccccc3O2)CC1)Nc1ccc(F)c(F)c1. The summed E-state index contributed by atoms with van der Waals surface area (Å²) >= 11 is 0. The number of piperazine rings is 1. The van der Waals surface area contributed by atoms with Gasteiger partial charge in [0, 0.05) is 11.8 Å². The topological polar surface area (TPSA) is 72.3 Å². The second-order valence-corrected chi connectivity index (χ2v) is 7.29. The van der Waals surface area contributed by atoms with Crippen LogP contribution >= 0.6 is 0 Å². The molecule has 0 aliphatic carbocycles. The van der Waals surface area contributed by atoms with Crippen molar-refractivity contribution in [1.82, 2.24) is 4.90 Å². The van der Waals surface area contributed by atoms with Crippen LogP contribution in [0.25, 0.3) is 0 Å². The number of nitrogens with one attached hydrogen (secondary N) is 2. The van der Waals surface area contributed by atoms with E-state index in [2.05, 4.69) is 5.32 Å². The number of hydrogen-bond acceptors (Lipinski definition) is 4. The molecule has 0 saturated carbocycles. The molecule has 2 aromatic rings. The van der Waals surface area contributed by atoms with Gasteiger partial charge in [0.05, 0.1) is 26.2 Å². The van der Waals surface area contributed by atoms with Gasteiger partial charge >= 0.3 is 0 Å². The molecule has 1 atom stereocenters. The Morgan fingerprint density at radius 3 is 2.53 bits per heavy atom. The van der Waals surface area contributed by atoms with Crippen LogP contribution in [0.5, 0.6) is 11.5 Å². The van der Waals surface area contributed by atoms with E-state index >= 15 is 0 Å². The second-order valence-electron chi connectivity index (χ2n) is 7.29. The largest absolute Gasteiger partial charge is 0.485 e. The van der Waals surface area contributed by atoms with Gasteiger partial charge in [0.25, 0.3) is 11.8 Å². The van der Waals surface area contributed by atoms with Crippen molar-refractivity contribution >= 4 is 17.5 Å². The Balaban J connectivity index is 1.25. The number of halogens is 2. The molecule has 2 aromatic carbocycles. The monoisotopic (exact) mass is 418 g/mol. The van der Waals surface area contributed by atoms with Crippen LogP contribution < -0.4 is 19.7 Å². The molecule has 0 bridgehead atoms. The summed E-state index contributed by atoms with van der Waals surface area (Å²) in [6.45, 7) is 2.53. The third kappa shape index (κ3) is 4.51. The van der Waals surface area contributed by atoms with Gasteiger partial charge in [-0.2, -0.15) is 0 Å². The van der Waals surface area contributed by atoms with Gasteiger partial charge in [-0.15, -0.1) is 0 Å². The van der Waals surface area contributed by atoms with Crippen molar-refractivity contribution in [1.29, 1.82) is 0 Å². The van der Waals surface area contributed by atoms with Crippen LogP contribution in [0, 0.1) is 11.6 Å². The summed E-state index contributed by atoms with van der Waals surface area (Å²) in [7, 11) is 0. The van der Waals surface area contributed by atoms with E-state index in [0.717, 1.165) is 17.0 Å². The first-order chi connectivity index (χ1) is 14.5. The molecule has 0 unspecified atom stereocenters. The minimum Gasteiger partial charge on any atom is -0.485 e. The maximum absolute atomic E-state index is 13.3. The quantitative estimate of drug-likeness (QED) is 0.758. The fraction of sp³-hybridized carbons (Fsp3) is 0.333. The zero-order valence-electron chi connectivity index (χ0n) is 16.2. The number of anilines is 1. The Morgan fingerprint density at radius 1 is 1.07 bits per heavy atom. The molecule has 4 rings (SSSR count). The molecule has 30 heavy (non-hydrogen) atoms. The molecule has 2 aliphatic heterocycles. The summed E-state index contributed by atoms with van der Waals surface area (Å²) in [5.41, 5.74) is 0.210. The van der Waals surface area contributed by atoms with E-state index in [4.69, 9.17) is 9.47 Å². The number of amides is 2. The number of quaternary nitrogens is 1. The zero-order chi connectivity index (χ0) is 21.1. The Labute approximate surface area is 172 Å². The molecule has 1 saturated heterocycles. The predicted octanol–water partition coefficient (Wildman–Crippen LogP) is 0.470. The Bertz CT molecular complexity index is 948. The Kier molecular flexibility index (Phi) is 5.80. The van der Waals surface area contributed by atoms with Crippen molar-refractivity contribution < 1.29 is 32.7 Å². The second kappa shape index (κ2) is 8.66. The van der Waals surface area contributed by atoms with E-state index in [9.17, 15) is 18.4 Å². The number of carbonyl (C=O) groups is 2. The van der Waals surface area contributed by atoms with Crippen molar-refractivity contribution in [3.63, 3.8) is 0 Å². The molecule has 1 fully saturated rings. The number of para-hydroxylation sites is 2. The van der Waals surface area contributed by atoms with Crippen LogP contribution in [0.1, 0.15) is 0 Å². The van der Waals surface area contributed by atoms with Gasteiger partial charge in [0.15, 0.2) is 29.7 Å². The first-order valence-electron chi connectivity index (χ1n) is 9.75. The lowest BCUT2D eigenvalue weighted by Gasteiger charge is -2.35. The number of carbonyl (C=O) groups excluding carboxylic acids is 2. The number of benzene rings is 2. The van der Waals surface area contributed by atoms with E-state index in [-0.39, 0.29) is 30.7 Å². The molecule has 2 amide bonds. The first kappa shape index (κ1) is 20.1. The average molecular weight is 418 g/mol. The van der Waals surface area contributed by atoms with E-state index in [1.807, 2.05) is 12.1 Å². The Morgan fingerprint density at radius 2 is 1.80 bits per heavy atom. The van der Waals surface area contributed by atoms with Crippen LogP contribution in [0.3, 0.4) is 0 Å². The molecule has 2 heterocycles. The summed E-state index contributed by atoms with van der Waals surface area (Å²) in [6, 6.07) is 10.5. The molecule has 7 nitrogen and oxygen atoms in total. The van der Waals surface area contributed by atoms with Gasteiger partial charge in [-0.1, -0.05) is 12.1 Å². The lowest BCUT2D eigenvalue weighted by Crippen LogP contribution is -3.15. The summed E-state index contributed by atoms with van der Waals surface area (Å²) in [5, 5.41) is 2.57. The van der Waals surface area contributed by atoms with Crippen LogP contribution in [0.4, 0.5) is 14.5 Å². The van der Waals surface area contributed by atoms with Gasteiger partial charge in [-0.25, -0.2) is 8.78 Å². The van der Waals surface area contributed by atoms with Crippen molar-refractivity contribution in [2.75, 3.05) is 44.6 Å². The number of nitrogens with zero attached hydrogens (tertiary/aromatic N) is 1. The summed E-state index contributed by atoms with van der Waals surface area (Å²) in [6.07, 6.45) is -0.682. The van der Waals surface area contributed by atoms with Crippen LogP contribution in [-0.2, 0) is 9.59 Å². The van der Waals surface area contributed by atoms with Crippen LogP contribution in [0.15, 0.2) is 42.5 Å². The fourth-order valence-electron chi connectivity index (χ4n) is 3.57. The highest BCUT2D eigenvalue weighted by Crippen LogP contribution is 2.31. The molecular formula is C21H22F2N3O4+. The smallest absolute Gasteiger partial charge is 0.279 e. The number of fused-ring (bicyclic) bond motifs is 1. The highest BCUT2D eigenvalue weighted by molar-refractivity contribution is 5.91. The number of ether oxygens (including phenoxy) is 2. The highest BCUT2D eigenvalue weighted by atomic mass is 19.2.